The number of unbranched alkanes of at least 4 members (excludes halogenated alkanes) is 1. The normalized spacial score (nSPS) is 26.4. The van der Waals surface area contributed by atoms with Crippen molar-refractivity contribution in [1.29, 1.82) is 0 Å². The lowest BCUT2D eigenvalue weighted by atomic mass is 9.64. The molecule has 4 heteroatoms. The molecule has 2 unspecified atom stereocenters. The lowest BCUT2D eigenvalue weighted by Crippen LogP contribution is -2.32. The standard InChI is InChI=1S/C26H44O3S/c1-5-8-10-20(17-24(27)28)12-13-21-11-9-16-25(4)22(14-15-23(21)25)18-30-19-26(29,6-2)7-3/h12-14,23-24,27-29H,5-11,15-19H2,1-4H3/b20-12-,21-13+. The summed E-state index contributed by atoms with van der Waals surface area (Å²) in [5.74, 6) is 2.41. The molecule has 1 saturated carbocycles. The predicted octanol–water partition coefficient (Wildman–Crippen LogP) is 6.15. The Morgan fingerprint density at radius 3 is 2.67 bits per heavy atom. The van der Waals surface area contributed by atoms with E-state index in [-0.39, 0.29) is 5.41 Å². The molecule has 0 bridgehead atoms. The summed E-state index contributed by atoms with van der Waals surface area (Å²) < 4.78 is 0. The molecule has 0 aromatic carbocycles. The van der Waals surface area contributed by atoms with Crippen molar-refractivity contribution in [1.82, 2.24) is 0 Å². The van der Waals surface area contributed by atoms with Crippen molar-refractivity contribution >= 4 is 11.8 Å². The second-order valence-electron chi connectivity index (χ2n) is 9.57. The molecule has 0 radical (unpaired) electrons. The van der Waals surface area contributed by atoms with Crippen LogP contribution in [0.5, 0.6) is 0 Å². The number of rotatable bonds is 12. The Hall–Kier alpha value is -0.550. The summed E-state index contributed by atoms with van der Waals surface area (Å²) in [5, 5.41) is 29.4. The summed E-state index contributed by atoms with van der Waals surface area (Å²) in [5.41, 5.74) is 3.95. The number of aliphatic hydroxyl groups is 3. The van der Waals surface area contributed by atoms with Gasteiger partial charge in [-0.3, -0.25) is 0 Å². The number of fused-ring (bicyclic) bond motifs is 1. The van der Waals surface area contributed by atoms with E-state index in [1.807, 2.05) is 11.8 Å². The number of hydrogen-bond acceptors (Lipinski definition) is 4. The average Bonchev–Trinajstić information content (AvgIpc) is 3.06. The van der Waals surface area contributed by atoms with Gasteiger partial charge < -0.3 is 15.3 Å². The molecule has 0 aromatic rings. The maximum atomic E-state index is 10.6. The first-order valence-corrected chi connectivity index (χ1v) is 13.2. The van der Waals surface area contributed by atoms with Crippen LogP contribution in [0.3, 0.4) is 0 Å². The second kappa shape index (κ2) is 11.9. The van der Waals surface area contributed by atoms with Gasteiger partial charge in [-0.25, -0.2) is 0 Å². The molecule has 2 aliphatic rings. The van der Waals surface area contributed by atoms with Crippen molar-refractivity contribution in [3.63, 3.8) is 0 Å². The van der Waals surface area contributed by atoms with Crippen LogP contribution in [-0.2, 0) is 0 Å². The maximum Gasteiger partial charge on any atom is 0.155 e. The zero-order valence-corrected chi connectivity index (χ0v) is 20.4. The molecule has 1 fully saturated rings. The zero-order chi connectivity index (χ0) is 22.2. The molecule has 0 heterocycles. The molecule has 2 aliphatic carbocycles. The van der Waals surface area contributed by atoms with Gasteiger partial charge in [0.15, 0.2) is 6.29 Å². The molecule has 0 spiro atoms. The van der Waals surface area contributed by atoms with Crippen molar-refractivity contribution in [2.24, 2.45) is 11.3 Å². The minimum atomic E-state index is -1.26. The number of thioether (sulfide) groups is 1. The molecule has 3 N–H and O–H groups in total. The van der Waals surface area contributed by atoms with Crippen LogP contribution >= 0.6 is 11.8 Å². The van der Waals surface area contributed by atoms with Gasteiger partial charge in [-0.15, -0.1) is 0 Å². The van der Waals surface area contributed by atoms with Crippen LogP contribution in [-0.4, -0.2) is 38.7 Å². The van der Waals surface area contributed by atoms with E-state index in [2.05, 4.69) is 45.9 Å². The fraction of sp³-hybridized carbons (Fsp3) is 0.769. The summed E-state index contributed by atoms with van der Waals surface area (Å²) in [6.45, 7) is 8.76. The zero-order valence-electron chi connectivity index (χ0n) is 19.6. The van der Waals surface area contributed by atoms with E-state index in [4.69, 9.17) is 0 Å². The van der Waals surface area contributed by atoms with Crippen molar-refractivity contribution in [2.75, 3.05) is 11.5 Å². The highest BCUT2D eigenvalue weighted by molar-refractivity contribution is 7.99. The van der Waals surface area contributed by atoms with E-state index in [1.165, 1.54) is 18.4 Å². The number of hydrogen-bond donors (Lipinski definition) is 3. The molecular formula is C26H44O3S. The quantitative estimate of drug-likeness (QED) is 0.254. The van der Waals surface area contributed by atoms with E-state index in [0.717, 1.165) is 62.0 Å². The van der Waals surface area contributed by atoms with Crippen LogP contribution in [0.15, 0.2) is 34.9 Å². The first kappa shape index (κ1) is 25.7. The van der Waals surface area contributed by atoms with Crippen LogP contribution in [0.25, 0.3) is 0 Å². The Labute approximate surface area is 188 Å². The fourth-order valence-electron chi connectivity index (χ4n) is 5.05. The first-order valence-electron chi connectivity index (χ1n) is 12.0. The molecular weight excluding hydrogens is 392 g/mol. The van der Waals surface area contributed by atoms with Crippen molar-refractivity contribution < 1.29 is 15.3 Å². The van der Waals surface area contributed by atoms with E-state index < -0.39 is 11.9 Å². The molecule has 0 saturated heterocycles. The summed E-state index contributed by atoms with van der Waals surface area (Å²) in [7, 11) is 0. The van der Waals surface area contributed by atoms with Crippen LogP contribution < -0.4 is 0 Å². The summed E-state index contributed by atoms with van der Waals surface area (Å²) in [6, 6.07) is 0. The predicted molar refractivity (Wildman–Crippen MR) is 130 cm³/mol. The van der Waals surface area contributed by atoms with E-state index in [0.29, 0.717) is 12.3 Å². The molecule has 2 rings (SSSR count). The van der Waals surface area contributed by atoms with Crippen LogP contribution in [0.1, 0.15) is 91.9 Å². The highest BCUT2D eigenvalue weighted by Crippen LogP contribution is 2.55. The van der Waals surface area contributed by atoms with E-state index in [9.17, 15) is 15.3 Å². The van der Waals surface area contributed by atoms with Crippen LogP contribution in [0, 0.1) is 11.3 Å². The third kappa shape index (κ3) is 6.72. The monoisotopic (exact) mass is 436 g/mol. The molecule has 0 amide bonds. The molecule has 3 nitrogen and oxygen atoms in total. The van der Waals surface area contributed by atoms with Gasteiger partial charge in [0.1, 0.15) is 0 Å². The largest absolute Gasteiger partial charge is 0.389 e. The van der Waals surface area contributed by atoms with Crippen molar-refractivity contribution in [3.8, 4) is 0 Å². The molecule has 172 valence electrons. The topological polar surface area (TPSA) is 60.7 Å². The van der Waals surface area contributed by atoms with Gasteiger partial charge in [-0.05, 0) is 62.7 Å². The van der Waals surface area contributed by atoms with Gasteiger partial charge in [0.25, 0.3) is 0 Å². The van der Waals surface area contributed by atoms with Gasteiger partial charge in [0, 0.05) is 17.9 Å². The highest BCUT2D eigenvalue weighted by Gasteiger charge is 2.44. The lowest BCUT2D eigenvalue weighted by molar-refractivity contribution is -0.0385. The minimum Gasteiger partial charge on any atom is -0.389 e. The maximum absolute atomic E-state index is 10.6. The van der Waals surface area contributed by atoms with Crippen molar-refractivity contribution in [3.05, 3.63) is 34.9 Å². The van der Waals surface area contributed by atoms with Crippen LogP contribution in [0.2, 0.25) is 0 Å². The highest BCUT2D eigenvalue weighted by atomic mass is 32.2. The molecule has 2 atom stereocenters. The van der Waals surface area contributed by atoms with E-state index in [1.54, 1.807) is 5.57 Å². The van der Waals surface area contributed by atoms with Gasteiger partial charge in [-0.2, -0.15) is 11.8 Å². The Balaban J connectivity index is 2.06. The average molecular weight is 437 g/mol. The van der Waals surface area contributed by atoms with Crippen molar-refractivity contribution in [2.45, 2.75) is 104 Å². The molecule has 30 heavy (non-hydrogen) atoms. The minimum absolute atomic E-state index is 0.238. The third-order valence-corrected chi connectivity index (χ3v) is 8.74. The first-order chi connectivity index (χ1) is 14.3. The summed E-state index contributed by atoms with van der Waals surface area (Å²) >= 11 is 1.89. The Morgan fingerprint density at radius 1 is 1.30 bits per heavy atom. The smallest absolute Gasteiger partial charge is 0.155 e. The van der Waals surface area contributed by atoms with Gasteiger partial charge in [0.2, 0.25) is 0 Å². The number of aliphatic hydroxyl groups excluding tert-OH is 1. The van der Waals surface area contributed by atoms with Gasteiger partial charge >= 0.3 is 0 Å². The third-order valence-electron chi connectivity index (χ3n) is 7.49. The summed E-state index contributed by atoms with van der Waals surface area (Å²) in [6.07, 6.45) is 15.5. The Morgan fingerprint density at radius 2 is 2.03 bits per heavy atom. The Kier molecular flexibility index (Phi) is 10.2. The number of allylic oxidation sites excluding steroid dienone is 4. The van der Waals surface area contributed by atoms with Crippen LogP contribution in [0.4, 0.5) is 0 Å². The van der Waals surface area contributed by atoms with Gasteiger partial charge in [-0.1, -0.05) is 69.1 Å². The fourth-order valence-corrected chi connectivity index (χ4v) is 6.61. The second-order valence-corrected chi connectivity index (χ2v) is 10.6. The Bertz CT molecular complexity index is 630. The lowest BCUT2D eigenvalue weighted by Gasteiger charge is -2.41. The molecule has 0 aliphatic heterocycles. The SMILES string of the molecule is CCCC/C(=C/C=C1\CCCC2(C)C(CSCC(O)(CC)CC)=CCC12)CC(O)O. The molecule has 0 aromatic heterocycles. The van der Waals surface area contributed by atoms with Gasteiger partial charge in [0.05, 0.1) is 5.60 Å². The summed E-state index contributed by atoms with van der Waals surface area (Å²) in [4.78, 5) is 0. The van der Waals surface area contributed by atoms with E-state index >= 15 is 0 Å².